The fourth-order valence-electron chi connectivity index (χ4n) is 2.83. The summed E-state index contributed by atoms with van der Waals surface area (Å²) < 4.78 is 0. The lowest BCUT2D eigenvalue weighted by Gasteiger charge is -2.45. The van der Waals surface area contributed by atoms with Gasteiger partial charge in [0, 0.05) is 36.4 Å². The maximum absolute atomic E-state index is 12.4. The van der Waals surface area contributed by atoms with Gasteiger partial charge in [-0.3, -0.25) is 9.78 Å². The summed E-state index contributed by atoms with van der Waals surface area (Å²) in [6, 6.07) is 6.02. The van der Waals surface area contributed by atoms with E-state index in [1.54, 1.807) is 6.20 Å². The van der Waals surface area contributed by atoms with Crippen LogP contribution < -0.4 is 5.73 Å². The van der Waals surface area contributed by atoms with Gasteiger partial charge in [0.2, 0.25) is 5.91 Å². The van der Waals surface area contributed by atoms with Gasteiger partial charge in [-0.15, -0.1) is 0 Å². The van der Waals surface area contributed by atoms with Gasteiger partial charge in [0.05, 0.1) is 0 Å². The number of nitrogens with zero attached hydrogens (tertiary/aromatic N) is 2. The third-order valence-corrected chi connectivity index (χ3v) is 3.84. The molecular weight excluding hydrogens is 238 g/mol. The Morgan fingerprint density at radius 3 is 2.95 bits per heavy atom. The molecule has 4 heteroatoms. The topological polar surface area (TPSA) is 59.2 Å². The molecule has 1 aliphatic heterocycles. The number of carbonyl (C=O) groups is 1. The van der Waals surface area contributed by atoms with E-state index in [-0.39, 0.29) is 17.5 Å². The number of amides is 1. The Bertz CT molecular complexity index is 430. The minimum absolute atomic E-state index is 0.126. The number of hydrogen-bond donors (Lipinski definition) is 1. The third-order valence-electron chi connectivity index (χ3n) is 3.84. The van der Waals surface area contributed by atoms with Crippen molar-refractivity contribution in [1.82, 2.24) is 9.88 Å². The maximum atomic E-state index is 12.4. The summed E-state index contributed by atoms with van der Waals surface area (Å²) in [7, 11) is 0. The molecule has 0 saturated carbocycles. The van der Waals surface area contributed by atoms with E-state index in [1.165, 1.54) is 0 Å². The van der Waals surface area contributed by atoms with Crippen LogP contribution in [-0.4, -0.2) is 33.9 Å². The van der Waals surface area contributed by atoms with Gasteiger partial charge < -0.3 is 10.6 Å². The van der Waals surface area contributed by atoms with Crippen LogP contribution in [0.3, 0.4) is 0 Å². The summed E-state index contributed by atoms with van der Waals surface area (Å²) in [5, 5.41) is 0. The van der Waals surface area contributed by atoms with E-state index in [9.17, 15) is 4.79 Å². The molecule has 1 atom stereocenters. The van der Waals surface area contributed by atoms with Crippen LogP contribution in [0, 0.1) is 0 Å². The van der Waals surface area contributed by atoms with Crippen LogP contribution in [0.15, 0.2) is 24.4 Å². The number of likely N-dealkylation sites (tertiary alicyclic amines) is 1. The van der Waals surface area contributed by atoms with Crippen LogP contribution in [0.5, 0.6) is 0 Å². The molecule has 1 aromatic heterocycles. The number of nitrogens with two attached hydrogens (primary N) is 1. The molecule has 104 valence electrons. The van der Waals surface area contributed by atoms with Crippen LogP contribution >= 0.6 is 0 Å². The number of pyridine rings is 1. The van der Waals surface area contributed by atoms with Crippen molar-refractivity contribution in [3.05, 3.63) is 30.1 Å². The summed E-state index contributed by atoms with van der Waals surface area (Å²) in [6.07, 6.45) is 4.78. The molecule has 2 heterocycles. The van der Waals surface area contributed by atoms with Crippen LogP contribution in [0.4, 0.5) is 0 Å². The Morgan fingerprint density at radius 1 is 1.53 bits per heavy atom. The molecule has 4 nitrogen and oxygen atoms in total. The fourth-order valence-corrected chi connectivity index (χ4v) is 2.83. The Labute approximate surface area is 115 Å². The summed E-state index contributed by atoms with van der Waals surface area (Å²) in [6.45, 7) is 4.98. The predicted molar refractivity (Wildman–Crippen MR) is 75.6 cm³/mol. The first kappa shape index (κ1) is 14.0. The molecule has 0 aliphatic carbocycles. The van der Waals surface area contributed by atoms with Crippen LogP contribution in [0.2, 0.25) is 0 Å². The third kappa shape index (κ3) is 3.53. The van der Waals surface area contributed by atoms with Crippen molar-refractivity contribution in [1.29, 1.82) is 0 Å². The quantitative estimate of drug-likeness (QED) is 0.901. The largest absolute Gasteiger partial charge is 0.337 e. The van der Waals surface area contributed by atoms with Crippen LogP contribution in [0.1, 0.15) is 38.8 Å². The van der Waals surface area contributed by atoms with Crippen molar-refractivity contribution in [3.8, 4) is 0 Å². The van der Waals surface area contributed by atoms with Gasteiger partial charge in [0.15, 0.2) is 0 Å². The highest BCUT2D eigenvalue weighted by Gasteiger charge is 2.35. The zero-order chi connectivity index (χ0) is 13.9. The first-order valence-electron chi connectivity index (χ1n) is 6.95. The molecule has 1 saturated heterocycles. The molecule has 1 amide bonds. The SMILES string of the molecule is CC1(C)CC(N)CCN1C(=O)CCc1ccccn1. The van der Waals surface area contributed by atoms with Crippen molar-refractivity contribution < 1.29 is 4.79 Å². The van der Waals surface area contributed by atoms with Gasteiger partial charge in [-0.05, 0) is 45.2 Å². The maximum Gasteiger partial charge on any atom is 0.223 e. The lowest BCUT2D eigenvalue weighted by molar-refractivity contribution is -0.138. The van der Waals surface area contributed by atoms with Gasteiger partial charge in [-0.25, -0.2) is 0 Å². The van der Waals surface area contributed by atoms with Crippen molar-refractivity contribution in [2.24, 2.45) is 5.73 Å². The molecule has 1 aliphatic rings. The van der Waals surface area contributed by atoms with E-state index in [0.29, 0.717) is 12.8 Å². The Hall–Kier alpha value is -1.42. The summed E-state index contributed by atoms with van der Waals surface area (Å²) in [5.74, 6) is 0.211. The first-order valence-corrected chi connectivity index (χ1v) is 6.95. The van der Waals surface area contributed by atoms with E-state index >= 15 is 0 Å². The van der Waals surface area contributed by atoms with Crippen molar-refractivity contribution in [2.45, 2.75) is 51.1 Å². The molecule has 1 fully saturated rings. The van der Waals surface area contributed by atoms with Gasteiger partial charge >= 0.3 is 0 Å². The molecule has 19 heavy (non-hydrogen) atoms. The van der Waals surface area contributed by atoms with Crippen molar-refractivity contribution in [2.75, 3.05) is 6.54 Å². The highest BCUT2D eigenvalue weighted by molar-refractivity contribution is 5.77. The molecule has 2 N–H and O–H groups in total. The number of piperidine rings is 1. The Morgan fingerprint density at radius 2 is 2.32 bits per heavy atom. The molecule has 1 aromatic rings. The van der Waals surface area contributed by atoms with Gasteiger partial charge in [0.25, 0.3) is 0 Å². The van der Waals surface area contributed by atoms with Crippen molar-refractivity contribution in [3.63, 3.8) is 0 Å². The van der Waals surface area contributed by atoms with E-state index in [4.69, 9.17) is 5.73 Å². The average Bonchev–Trinajstić information content (AvgIpc) is 2.36. The van der Waals surface area contributed by atoms with Crippen LogP contribution in [0.25, 0.3) is 0 Å². The zero-order valence-electron chi connectivity index (χ0n) is 11.8. The Balaban J connectivity index is 1.93. The normalized spacial score (nSPS) is 22.3. The van der Waals surface area contributed by atoms with Gasteiger partial charge in [-0.1, -0.05) is 6.07 Å². The van der Waals surface area contributed by atoms with Crippen LogP contribution in [-0.2, 0) is 11.2 Å². The molecule has 0 bridgehead atoms. The second kappa shape index (κ2) is 5.70. The highest BCUT2D eigenvalue weighted by atomic mass is 16.2. The summed E-state index contributed by atoms with van der Waals surface area (Å²) in [4.78, 5) is 18.6. The van der Waals surface area contributed by atoms with E-state index in [0.717, 1.165) is 25.1 Å². The van der Waals surface area contributed by atoms with Gasteiger partial charge in [0.1, 0.15) is 0 Å². The standard InChI is InChI=1S/C15H23N3O/c1-15(2)11-12(16)8-10-18(15)14(19)7-6-13-5-3-4-9-17-13/h3-5,9,12H,6-8,10-11,16H2,1-2H3. The number of carbonyl (C=O) groups excluding carboxylic acids is 1. The zero-order valence-corrected chi connectivity index (χ0v) is 11.8. The molecule has 0 aromatic carbocycles. The predicted octanol–water partition coefficient (Wildman–Crippen LogP) is 1.74. The second-order valence-corrected chi connectivity index (χ2v) is 5.93. The molecule has 0 radical (unpaired) electrons. The van der Waals surface area contributed by atoms with E-state index < -0.39 is 0 Å². The number of aryl methyl sites for hydroxylation is 1. The van der Waals surface area contributed by atoms with Crippen molar-refractivity contribution >= 4 is 5.91 Å². The monoisotopic (exact) mass is 261 g/mol. The minimum atomic E-state index is -0.126. The second-order valence-electron chi connectivity index (χ2n) is 5.93. The Kier molecular flexibility index (Phi) is 4.20. The molecule has 1 unspecified atom stereocenters. The number of rotatable bonds is 3. The minimum Gasteiger partial charge on any atom is -0.337 e. The smallest absolute Gasteiger partial charge is 0.223 e. The lowest BCUT2D eigenvalue weighted by atomic mass is 9.87. The summed E-state index contributed by atoms with van der Waals surface area (Å²) >= 11 is 0. The molecular formula is C15H23N3O. The van der Waals surface area contributed by atoms with Gasteiger partial charge in [-0.2, -0.15) is 0 Å². The number of aromatic nitrogens is 1. The highest BCUT2D eigenvalue weighted by Crippen LogP contribution is 2.27. The molecule has 0 spiro atoms. The fraction of sp³-hybridized carbons (Fsp3) is 0.600. The van der Waals surface area contributed by atoms with E-state index in [1.807, 2.05) is 23.1 Å². The van der Waals surface area contributed by atoms with E-state index in [2.05, 4.69) is 18.8 Å². The number of hydrogen-bond acceptors (Lipinski definition) is 3. The average molecular weight is 261 g/mol. The summed E-state index contributed by atoms with van der Waals surface area (Å²) in [5.41, 5.74) is 6.84. The molecule has 2 rings (SSSR count). The lowest BCUT2D eigenvalue weighted by Crippen LogP contribution is -2.55. The first-order chi connectivity index (χ1) is 8.99.